The van der Waals surface area contributed by atoms with E-state index in [9.17, 15) is 5.26 Å². The maximum Gasteiger partial charge on any atom is 0.0873 e. The van der Waals surface area contributed by atoms with Crippen molar-refractivity contribution in [2.75, 3.05) is 7.05 Å². The first-order chi connectivity index (χ1) is 9.18. The Bertz CT molecular complexity index is 602. The summed E-state index contributed by atoms with van der Waals surface area (Å²) in [5.74, 6) is 2.60. The molecular weight excluding hydrogens is 234 g/mol. The van der Waals surface area contributed by atoms with Crippen LogP contribution in [-0.4, -0.2) is 29.0 Å². The van der Waals surface area contributed by atoms with Crippen molar-refractivity contribution in [2.45, 2.75) is 30.3 Å². The van der Waals surface area contributed by atoms with Gasteiger partial charge in [0.2, 0.25) is 0 Å². The zero-order chi connectivity index (χ0) is 13.5. The van der Waals surface area contributed by atoms with Gasteiger partial charge >= 0.3 is 0 Å². The fourth-order valence-corrected chi connectivity index (χ4v) is 3.17. The van der Waals surface area contributed by atoms with Crippen LogP contribution < -0.4 is 0 Å². The fraction of sp³-hybridized carbons (Fsp3) is 0.375. The summed E-state index contributed by atoms with van der Waals surface area (Å²) in [5.41, 5.74) is 1.23. The molecule has 0 amide bonds. The minimum absolute atomic E-state index is 0.341. The second kappa shape index (κ2) is 4.23. The Kier molecular flexibility index (Phi) is 2.66. The molecule has 1 unspecified atom stereocenters. The number of piperidine rings is 1. The molecule has 19 heavy (non-hydrogen) atoms. The molecule has 0 saturated carbocycles. The number of pyridine rings is 1. The lowest BCUT2D eigenvalue weighted by molar-refractivity contribution is 0.150. The summed E-state index contributed by atoms with van der Waals surface area (Å²) >= 11 is 0. The number of fused-ring (bicyclic) bond motifs is 2. The molecule has 1 aromatic rings. The van der Waals surface area contributed by atoms with Crippen LogP contribution in [0.15, 0.2) is 30.6 Å². The molecule has 0 N–H and O–H groups in total. The topological polar surface area (TPSA) is 39.9 Å². The lowest BCUT2D eigenvalue weighted by atomic mass is 9.71. The molecule has 2 aliphatic heterocycles. The molecule has 94 valence electrons. The van der Waals surface area contributed by atoms with Crippen LogP contribution in [0.2, 0.25) is 0 Å². The average molecular weight is 249 g/mol. The highest BCUT2D eigenvalue weighted by atomic mass is 15.2. The molecule has 0 spiro atoms. The zero-order valence-electron chi connectivity index (χ0n) is 10.9. The molecule has 0 radical (unpaired) electrons. The molecule has 2 bridgehead atoms. The van der Waals surface area contributed by atoms with Crippen molar-refractivity contribution >= 4 is 0 Å². The van der Waals surface area contributed by atoms with Gasteiger partial charge in [-0.3, -0.25) is 9.88 Å². The first kappa shape index (κ1) is 12.0. The maximum absolute atomic E-state index is 9.73. The number of hydrogen-bond acceptors (Lipinski definition) is 3. The van der Waals surface area contributed by atoms with E-state index in [0.29, 0.717) is 12.1 Å². The predicted octanol–water partition coefficient (Wildman–Crippen LogP) is 1.86. The van der Waals surface area contributed by atoms with Crippen molar-refractivity contribution in [1.82, 2.24) is 9.88 Å². The van der Waals surface area contributed by atoms with Gasteiger partial charge in [0.25, 0.3) is 0 Å². The molecule has 1 saturated heterocycles. The van der Waals surface area contributed by atoms with Crippen molar-refractivity contribution in [3.05, 3.63) is 41.7 Å². The van der Waals surface area contributed by atoms with Gasteiger partial charge in [0, 0.05) is 30.0 Å². The number of rotatable bonds is 1. The van der Waals surface area contributed by atoms with Crippen molar-refractivity contribution in [1.29, 1.82) is 5.26 Å². The standard InChI is InChI=1S/C16H15N3/c1-3-12-6-13(10-18-9-12)16(11-17)7-14-4-5-15(8-16)19(14)2/h1,4-6,9-10,14-15H,7-8H2,2H3/t14-,15+,16?. The zero-order valence-corrected chi connectivity index (χ0v) is 10.9. The van der Waals surface area contributed by atoms with Crippen molar-refractivity contribution < 1.29 is 0 Å². The van der Waals surface area contributed by atoms with E-state index in [1.54, 1.807) is 12.4 Å². The highest BCUT2D eigenvalue weighted by Gasteiger charge is 2.46. The summed E-state index contributed by atoms with van der Waals surface area (Å²) in [6, 6.07) is 5.14. The Morgan fingerprint density at radius 2 is 2.05 bits per heavy atom. The van der Waals surface area contributed by atoms with Gasteiger partial charge in [0.15, 0.2) is 0 Å². The quantitative estimate of drug-likeness (QED) is 0.563. The Morgan fingerprint density at radius 1 is 1.37 bits per heavy atom. The molecule has 3 rings (SSSR count). The van der Waals surface area contributed by atoms with E-state index in [1.165, 1.54) is 0 Å². The summed E-state index contributed by atoms with van der Waals surface area (Å²) in [4.78, 5) is 6.51. The lowest BCUT2D eigenvalue weighted by Gasteiger charge is -2.41. The maximum atomic E-state index is 9.73. The molecule has 0 aliphatic carbocycles. The van der Waals surface area contributed by atoms with E-state index >= 15 is 0 Å². The minimum atomic E-state index is -0.467. The highest BCUT2D eigenvalue weighted by Crippen LogP contribution is 2.43. The van der Waals surface area contributed by atoms with Gasteiger partial charge in [-0.2, -0.15) is 5.26 Å². The number of likely N-dealkylation sites (N-methyl/N-ethyl adjacent to an activating group) is 1. The van der Waals surface area contributed by atoms with Gasteiger partial charge in [-0.25, -0.2) is 0 Å². The molecular formula is C16H15N3. The van der Waals surface area contributed by atoms with Gasteiger partial charge in [0.05, 0.1) is 11.5 Å². The molecule has 3 heteroatoms. The Hall–Kier alpha value is -2.10. The third kappa shape index (κ3) is 1.75. The normalized spacial score (nSPS) is 32.8. The van der Waals surface area contributed by atoms with E-state index in [-0.39, 0.29) is 0 Å². The van der Waals surface area contributed by atoms with Gasteiger partial charge in [-0.15, -0.1) is 6.42 Å². The number of nitrogens with zero attached hydrogens (tertiary/aromatic N) is 3. The summed E-state index contributed by atoms with van der Waals surface area (Å²) < 4.78 is 0. The molecule has 0 aromatic carbocycles. The van der Waals surface area contributed by atoms with E-state index in [4.69, 9.17) is 6.42 Å². The van der Waals surface area contributed by atoms with Crippen LogP contribution in [0.5, 0.6) is 0 Å². The van der Waals surface area contributed by atoms with Crippen LogP contribution in [0, 0.1) is 23.7 Å². The van der Waals surface area contributed by atoms with Crippen LogP contribution in [0.3, 0.4) is 0 Å². The van der Waals surface area contributed by atoms with Crippen molar-refractivity contribution in [3.63, 3.8) is 0 Å². The lowest BCUT2D eigenvalue weighted by Crippen LogP contribution is -2.47. The Morgan fingerprint density at radius 3 is 2.63 bits per heavy atom. The summed E-state index contributed by atoms with van der Waals surface area (Å²) in [6.45, 7) is 0. The minimum Gasteiger partial charge on any atom is -0.293 e. The van der Waals surface area contributed by atoms with Gasteiger partial charge in [-0.05, 0) is 31.5 Å². The monoisotopic (exact) mass is 249 g/mol. The molecule has 1 aromatic heterocycles. The Labute approximate surface area is 113 Å². The molecule has 2 aliphatic rings. The van der Waals surface area contributed by atoms with Crippen LogP contribution in [-0.2, 0) is 5.41 Å². The SMILES string of the molecule is C#Cc1cncc(C2(C#N)C[C@H]3C=C[C@@H](C2)N3C)c1. The second-order valence-corrected chi connectivity index (χ2v) is 5.39. The second-order valence-electron chi connectivity index (χ2n) is 5.39. The summed E-state index contributed by atoms with van der Waals surface area (Å²) in [5, 5.41) is 9.73. The van der Waals surface area contributed by atoms with E-state index in [2.05, 4.69) is 41.1 Å². The van der Waals surface area contributed by atoms with Crippen molar-refractivity contribution in [3.8, 4) is 18.4 Å². The average Bonchev–Trinajstić information content (AvgIpc) is 2.69. The van der Waals surface area contributed by atoms with Gasteiger partial charge in [-0.1, -0.05) is 18.1 Å². The smallest absolute Gasteiger partial charge is 0.0873 e. The number of hydrogen-bond donors (Lipinski definition) is 0. The first-order valence-electron chi connectivity index (χ1n) is 6.42. The Balaban J connectivity index is 2.02. The van der Waals surface area contributed by atoms with E-state index < -0.39 is 5.41 Å². The van der Waals surface area contributed by atoms with Gasteiger partial charge < -0.3 is 0 Å². The number of terminal acetylenes is 1. The highest BCUT2D eigenvalue weighted by molar-refractivity contribution is 5.41. The van der Waals surface area contributed by atoms with Crippen LogP contribution in [0.25, 0.3) is 0 Å². The summed E-state index contributed by atoms with van der Waals surface area (Å²) in [7, 11) is 2.12. The largest absolute Gasteiger partial charge is 0.293 e. The van der Waals surface area contributed by atoms with Crippen LogP contribution in [0.1, 0.15) is 24.0 Å². The van der Waals surface area contributed by atoms with E-state index in [1.807, 2.05) is 6.07 Å². The van der Waals surface area contributed by atoms with Gasteiger partial charge in [0.1, 0.15) is 0 Å². The molecule has 3 nitrogen and oxygen atoms in total. The van der Waals surface area contributed by atoms with E-state index in [0.717, 1.165) is 24.0 Å². The molecule has 3 atom stereocenters. The predicted molar refractivity (Wildman–Crippen MR) is 73.2 cm³/mol. The number of aromatic nitrogens is 1. The van der Waals surface area contributed by atoms with Crippen LogP contribution in [0.4, 0.5) is 0 Å². The fourth-order valence-electron chi connectivity index (χ4n) is 3.17. The van der Waals surface area contributed by atoms with Crippen LogP contribution >= 0.6 is 0 Å². The summed E-state index contributed by atoms with van der Waals surface area (Å²) in [6.07, 6.45) is 14.9. The third-order valence-electron chi connectivity index (χ3n) is 4.39. The first-order valence-corrected chi connectivity index (χ1v) is 6.42. The van der Waals surface area contributed by atoms with Crippen molar-refractivity contribution in [2.24, 2.45) is 0 Å². The molecule has 1 fully saturated rings. The third-order valence-corrected chi connectivity index (χ3v) is 4.39. The number of nitriles is 1. The molecule has 3 heterocycles.